The number of unbranched alkanes of at least 4 members (excludes halogenated alkanes) is 1. The van der Waals surface area contributed by atoms with Crippen LogP contribution in [0.1, 0.15) is 25.3 Å². The molecule has 0 aliphatic carbocycles. The smallest absolute Gasteiger partial charge is 0.326 e. The lowest BCUT2D eigenvalue weighted by atomic mass is 10.2. The molecule has 0 atom stereocenters. The van der Waals surface area contributed by atoms with Crippen LogP contribution in [0, 0.1) is 0 Å². The maximum Gasteiger partial charge on any atom is 0.326 e. The van der Waals surface area contributed by atoms with Crippen molar-refractivity contribution in [1.29, 1.82) is 0 Å². The van der Waals surface area contributed by atoms with Gasteiger partial charge in [-0.05, 0) is 30.2 Å². The monoisotopic (exact) mass is 260 g/mol. The Morgan fingerprint density at radius 2 is 2.11 bits per heavy atom. The van der Waals surface area contributed by atoms with Crippen molar-refractivity contribution < 1.29 is 14.3 Å². The molecule has 1 aromatic rings. The standard InChI is InChI=1S/C14H16N2O3/c1-2-3-7-19-11-6-4-5-10(8-11)9-12-13(17)16-14(18)15-12/h4-6,8-9H,2-3,7H2,1H3,(H2,15,16,17,18)/b12-9-. The summed E-state index contributed by atoms with van der Waals surface area (Å²) in [5.74, 6) is 0.342. The van der Waals surface area contributed by atoms with Crippen molar-refractivity contribution in [3.05, 3.63) is 35.5 Å². The highest BCUT2D eigenvalue weighted by Crippen LogP contribution is 2.16. The summed E-state index contributed by atoms with van der Waals surface area (Å²) in [5.41, 5.74) is 1.05. The normalized spacial score (nSPS) is 16.4. The molecule has 1 aliphatic heterocycles. The van der Waals surface area contributed by atoms with E-state index in [1.165, 1.54) is 0 Å². The quantitative estimate of drug-likeness (QED) is 0.483. The second-order valence-electron chi connectivity index (χ2n) is 4.24. The van der Waals surface area contributed by atoms with Gasteiger partial charge in [0.15, 0.2) is 0 Å². The highest BCUT2D eigenvalue weighted by atomic mass is 16.5. The average Bonchev–Trinajstić information content (AvgIpc) is 2.69. The lowest BCUT2D eigenvalue weighted by Crippen LogP contribution is -2.22. The van der Waals surface area contributed by atoms with Crippen LogP contribution in [-0.4, -0.2) is 18.5 Å². The molecule has 1 aliphatic rings. The van der Waals surface area contributed by atoms with E-state index in [9.17, 15) is 9.59 Å². The Kier molecular flexibility index (Phi) is 4.18. The minimum Gasteiger partial charge on any atom is -0.494 e. The molecule has 0 saturated carbocycles. The van der Waals surface area contributed by atoms with E-state index < -0.39 is 11.9 Å². The summed E-state index contributed by atoms with van der Waals surface area (Å²) in [4.78, 5) is 22.4. The van der Waals surface area contributed by atoms with Crippen molar-refractivity contribution in [3.63, 3.8) is 0 Å². The summed E-state index contributed by atoms with van der Waals surface area (Å²) in [6.45, 7) is 2.78. The maximum atomic E-state index is 11.4. The number of carbonyl (C=O) groups excluding carboxylic acids is 2. The SMILES string of the molecule is CCCCOc1cccc(/C=C2\NC(=O)NC2=O)c1. The average molecular weight is 260 g/mol. The Morgan fingerprint density at radius 3 is 2.79 bits per heavy atom. The number of nitrogens with one attached hydrogen (secondary N) is 2. The van der Waals surface area contributed by atoms with Gasteiger partial charge in [-0.2, -0.15) is 0 Å². The number of imide groups is 1. The van der Waals surface area contributed by atoms with Gasteiger partial charge in [-0.3, -0.25) is 10.1 Å². The van der Waals surface area contributed by atoms with Crippen molar-refractivity contribution in [3.8, 4) is 5.75 Å². The maximum absolute atomic E-state index is 11.4. The summed E-state index contributed by atoms with van der Waals surface area (Å²) in [5, 5.41) is 4.60. The van der Waals surface area contributed by atoms with Crippen molar-refractivity contribution in [2.45, 2.75) is 19.8 Å². The van der Waals surface area contributed by atoms with Gasteiger partial charge < -0.3 is 10.1 Å². The van der Waals surface area contributed by atoms with Gasteiger partial charge in [0, 0.05) is 0 Å². The minimum absolute atomic E-state index is 0.246. The predicted octanol–water partition coefficient (Wildman–Crippen LogP) is 2.05. The number of carbonyl (C=O) groups is 2. The number of hydrogen-bond donors (Lipinski definition) is 2. The zero-order valence-corrected chi connectivity index (χ0v) is 10.7. The molecule has 2 rings (SSSR count). The van der Waals surface area contributed by atoms with Crippen molar-refractivity contribution in [1.82, 2.24) is 10.6 Å². The molecular weight excluding hydrogens is 244 g/mol. The van der Waals surface area contributed by atoms with Crippen molar-refractivity contribution >= 4 is 18.0 Å². The van der Waals surface area contributed by atoms with E-state index in [1.807, 2.05) is 24.3 Å². The summed E-state index contributed by atoms with van der Waals surface area (Å²) in [7, 11) is 0. The van der Waals surface area contributed by atoms with Gasteiger partial charge in [0.05, 0.1) is 6.61 Å². The molecule has 2 N–H and O–H groups in total. The molecule has 0 radical (unpaired) electrons. The molecular formula is C14H16N2O3. The molecule has 0 bridgehead atoms. The van der Waals surface area contributed by atoms with Gasteiger partial charge in [0.1, 0.15) is 11.4 Å². The lowest BCUT2D eigenvalue weighted by Gasteiger charge is -2.05. The highest BCUT2D eigenvalue weighted by molar-refractivity contribution is 6.13. The molecule has 3 amide bonds. The summed E-state index contributed by atoms with van der Waals surface area (Å²) >= 11 is 0. The van der Waals surface area contributed by atoms with Gasteiger partial charge in [-0.15, -0.1) is 0 Å². The van der Waals surface area contributed by atoms with E-state index in [0.717, 1.165) is 24.2 Å². The number of benzene rings is 1. The van der Waals surface area contributed by atoms with Crippen LogP contribution in [0.5, 0.6) is 5.75 Å². The first-order valence-electron chi connectivity index (χ1n) is 6.26. The number of amides is 3. The summed E-state index contributed by atoms with van der Waals surface area (Å²) in [6.07, 6.45) is 3.70. The molecule has 0 unspecified atom stereocenters. The van der Waals surface area contributed by atoms with E-state index in [2.05, 4.69) is 17.6 Å². The summed E-state index contributed by atoms with van der Waals surface area (Å²) < 4.78 is 5.58. The van der Waals surface area contributed by atoms with Crippen LogP contribution in [0.3, 0.4) is 0 Å². The third kappa shape index (κ3) is 3.58. The van der Waals surface area contributed by atoms with Gasteiger partial charge >= 0.3 is 6.03 Å². The van der Waals surface area contributed by atoms with Gasteiger partial charge in [0.2, 0.25) is 0 Å². The van der Waals surface area contributed by atoms with Crippen LogP contribution >= 0.6 is 0 Å². The Bertz CT molecular complexity index is 523. The van der Waals surface area contributed by atoms with E-state index in [4.69, 9.17) is 4.74 Å². The number of hydrogen-bond acceptors (Lipinski definition) is 3. The second-order valence-corrected chi connectivity index (χ2v) is 4.24. The van der Waals surface area contributed by atoms with Crippen LogP contribution in [0.4, 0.5) is 4.79 Å². The first-order valence-corrected chi connectivity index (χ1v) is 6.26. The Morgan fingerprint density at radius 1 is 1.26 bits per heavy atom. The molecule has 1 saturated heterocycles. The number of urea groups is 1. The molecule has 0 aromatic heterocycles. The minimum atomic E-state index is -0.494. The fourth-order valence-electron chi connectivity index (χ4n) is 1.68. The van der Waals surface area contributed by atoms with Crippen LogP contribution in [-0.2, 0) is 4.79 Å². The third-order valence-electron chi connectivity index (χ3n) is 2.66. The zero-order valence-electron chi connectivity index (χ0n) is 10.7. The molecule has 0 spiro atoms. The van der Waals surface area contributed by atoms with E-state index >= 15 is 0 Å². The number of ether oxygens (including phenoxy) is 1. The molecule has 1 heterocycles. The summed E-state index contributed by atoms with van der Waals surface area (Å²) in [6, 6.07) is 6.90. The molecule has 1 fully saturated rings. The van der Waals surface area contributed by atoms with Crippen LogP contribution in [0.25, 0.3) is 6.08 Å². The van der Waals surface area contributed by atoms with Crippen molar-refractivity contribution in [2.75, 3.05) is 6.61 Å². The molecule has 5 nitrogen and oxygen atoms in total. The largest absolute Gasteiger partial charge is 0.494 e. The van der Waals surface area contributed by atoms with Crippen molar-refractivity contribution in [2.24, 2.45) is 0 Å². The second kappa shape index (κ2) is 6.04. The molecule has 5 heteroatoms. The van der Waals surface area contributed by atoms with Crippen LogP contribution < -0.4 is 15.4 Å². The Balaban J connectivity index is 2.08. The molecule has 100 valence electrons. The van der Waals surface area contributed by atoms with Crippen LogP contribution in [0.2, 0.25) is 0 Å². The van der Waals surface area contributed by atoms with Crippen LogP contribution in [0.15, 0.2) is 30.0 Å². The Labute approximate surface area is 111 Å². The number of rotatable bonds is 5. The fraction of sp³-hybridized carbons (Fsp3) is 0.286. The van der Waals surface area contributed by atoms with Gasteiger partial charge in [0.25, 0.3) is 5.91 Å². The van der Waals surface area contributed by atoms with Gasteiger partial charge in [-0.25, -0.2) is 4.79 Å². The lowest BCUT2D eigenvalue weighted by molar-refractivity contribution is -0.115. The first kappa shape index (κ1) is 13.1. The fourth-order valence-corrected chi connectivity index (χ4v) is 1.68. The van der Waals surface area contributed by atoms with E-state index in [0.29, 0.717) is 6.61 Å². The van der Waals surface area contributed by atoms with Gasteiger partial charge in [-0.1, -0.05) is 25.5 Å². The third-order valence-corrected chi connectivity index (χ3v) is 2.66. The van der Waals surface area contributed by atoms with E-state index in [-0.39, 0.29) is 5.70 Å². The first-order chi connectivity index (χ1) is 9.19. The molecule has 19 heavy (non-hydrogen) atoms. The highest BCUT2D eigenvalue weighted by Gasteiger charge is 2.22. The van der Waals surface area contributed by atoms with E-state index in [1.54, 1.807) is 6.08 Å². The Hall–Kier alpha value is -2.30. The predicted molar refractivity (Wildman–Crippen MR) is 71.5 cm³/mol. The topological polar surface area (TPSA) is 67.4 Å². The zero-order chi connectivity index (χ0) is 13.7. The molecule has 1 aromatic carbocycles.